The van der Waals surface area contributed by atoms with Crippen LogP contribution in [0.1, 0.15) is 41.5 Å². The van der Waals surface area contributed by atoms with Crippen molar-refractivity contribution in [3.05, 3.63) is 24.3 Å². The van der Waals surface area contributed by atoms with E-state index in [2.05, 4.69) is 31.4 Å². The molecule has 0 atom stereocenters. The van der Waals surface area contributed by atoms with Gasteiger partial charge in [-0.15, -0.1) is 0 Å². The van der Waals surface area contributed by atoms with E-state index in [1.807, 2.05) is 45.0 Å². The highest BCUT2D eigenvalue weighted by Gasteiger charge is 2.17. The second-order valence-corrected chi connectivity index (χ2v) is 7.09. The molecule has 0 spiro atoms. The van der Waals surface area contributed by atoms with Gasteiger partial charge in [0.2, 0.25) is 0 Å². The number of ether oxygens (including phenoxy) is 1. The predicted molar refractivity (Wildman–Crippen MR) is 84.2 cm³/mol. The molecule has 0 radical (unpaired) electrons. The van der Waals surface area contributed by atoms with Gasteiger partial charge in [-0.05, 0) is 38.3 Å². The Morgan fingerprint density at radius 3 is 2.10 bits per heavy atom. The molecule has 0 aliphatic carbocycles. The van der Waals surface area contributed by atoms with Crippen molar-refractivity contribution in [3.8, 4) is 0 Å². The molecule has 1 amide bonds. The van der Waals surface area contributed by atoms with Crippen molar-refractivity contribution in [3.63, 3.8) is 0 Å². The molecule has 0 unspecified atom stereocenters. The lowest BCUT2D eigenvalue weighted by molar-refractivity contribution is 0.0636. The Bertz CT molecular complexity index is 456. The maximum atomic E-state index is 11.8. The number of anilines is 2. The quantitative estimate of drug-likeness (QED) is 0.856. The van der Waals surface area contributed by atoms with Crippen LogP contribution in [0.15, 0.2) is 24.3 Å². The topological polar surface area (TPSA) is 50.4 Å². The molecule has 0 fully saturated rings. The smallest absolute Gasteiger partial charge is 0.412 e. The number of hydrogen-bond donors (Lipinski definition) is 2. The van der Waals surface area contributed by atoms with Crippen LogP contribution < -0.4 is 10.6 Å². The summed E-state index contributed by atoms with van der Waals surface area (Å²) in [6.07, 6.45) is -0.442. The van der Waals surface area contributed by atoms with Gasteiger partial charge in [-0.1, -0.05) is 32.9 Å². The van der Waals surface area contributed by atoms with Crippen LogP contribution in [0.25, 0.3) is 0 Å². The van der Waals surface area contributed by atoms with Crippen LogP contribution in [-0.2, 0) is 4.74 Å². The summed E-state index contributed by atoms with van der Waals surface area (Å²) in [6.45, 7) is 12.8. The van der Waals surface area contributed by atoms with E-state index < -0.39 is 11.7 Å². The van der Waals surface area contributed by atoms with Gasteiger partial charge >= 0.3 is 6.09 Å². The molecule has 0 aliphatic heterocycles. The predicted octanol–water partition coefficient (Wildman–Crippen LogP) is 4.49. The van der Waals surface area contributed by atoms with Crippen molar-refractivity contribution in [1.82, 2.24) is 0 Å². The van der Waals surface area contributed by atoms with Gasteiger partial charge in [0.25, 0.3) is 0 Å². The first-order valence-corrected chi connectivity index (χ1v) is 6.90. The minimum Gasteiger partial charge on any atom is -0.444 e. The fourth-order valence-electron chi connectivity index (χ4n) is 1.52. The second-order valence-electron chi connectivity index (χ2n) is 7.09. The summed E-state index contributed by atoms with van der Waals surface area (Å²) in [5.41, 5.74) is 1.29. The Kier molecular flexibility index (Phi) is 5.03. The van der Waals surface area contributed by atoms with Crippen molar-refractivity contribution in [1.29, 1.82) is 0 Å². The molecule has 0 aromatic heterocycles. The lowest BCUT2D eigenvalue weighted by Gasteiger charge is -2.22. The van der Waals surface area contributed by atoms with Crippen molar-refractivity contribution in [2.24, 2.45) is 5.41 Å². The first-order valence-electron chi connectivity index (χ1n) is 6.90. The number of para-hydroxylation sites is 2. The molecular formula is C16H26N2O2. The number of rotatable bonds is 3. The highest BCUT2D eigenvalue weighted by molar-refractivity contribution is 5.89. The molecule has 1 aromatic rings. The molecule has 0 heterocycles. The van der Waals surface area contributed by atoms with E-state index in [1.54, 1.807) is 0 Å². The summed E-state index contributed by atoms with van der Waals surface area (Å²) >= 11 is 0. The van der Waals surface area contributed by atoms with Gasteiger partial charge < -0.3 is 10.1 Å². The molecule has 20 heavy (non-hydrogen) atoms. The summed E-state index contributed by atoms with van der Waals surface area (Å²) in [4.78, 5) is 11.8. The summed E-state index contributed by atoms with van der Waals surface area (Å²) in [5.74, 6) is 0. The molecule has 0 aliphatic rings. The van der Waals surface area contributed by atoms with Crippen LogP contribution in [0.2, 0.25) is 0 Å². The maximum absolute atomic E-state index is 11.8. The van der Waals surface area contributed by atoms with Gasteiger partial charge in [0.05, 0.1) is 11.4 Å². The highest BCUT2D eigenvalue weighted by atomic mass is 16.6. The molecule has 0 bridgehead atoms. The number of carbonyl (C=O) groups is 1. The summed E-state index contributed by atoms with van der Waals surface area (Å²) in [7, 11) is 0. The van der Waals surface area contributed by atoms with E-state index in [1.165, 1.54) is 0 Å². The third kappa shape index (κ3) is 6.45. The Labute approximate surface area is 121 Å². The zero-order chi connectivity index (χ0) is 15.4. The third-order valence-corrected chi connectivity index (χ3v) is 2.37. The summed E-state index contributed by atoms with van der Waals surface area (Å²) in [5, 5.41) is 6.13. The number of carbonyl (C=O) groups excluding carboxylic acids is 1. The number of nitrogens with one attached hydrogen (secondary N) is 2. The van der Waals surface area contributed by atoms with E-state index in [0.29, 0.717) is 0 Å². The van der Waals surface area contributed by atoms with Crippen molar-refractivity contribution in [2.75, 3.05) is 17.2 Å². The van der Waals surface area contributed by atoms with Gasteiger partial charge in [0.1, 0.15) is 5.60 Å². The number of hydrogen-bond acceptors (Lipinski definition) is 3. The van der Waals surface area contributed by atoms with E-state index in [9.17, 15) is 4.79 Å². The average Bonchev–Trinajstić information content (AvgIpc) is 2.24. The van der Waals surface area contributed by atoms with Crippen LogP contribution >= 0.6 is 0 Å². The van der Waals surface area contributed by atoms with Gasteiger partial charge in [-0.25, -0.2) is 4.79 Å². The van der Waals surface area contributed by atoms with Crippen LogP contribution in [-0.4, -0.2) is 18.2 Å². The SMILES string of the molecule is CC(C)(C)CNc1ccccc1NC(=O)OC(C)(C)C. The van der Waals surface area contributed by atoms with Crippen molar-refractivity contribution >= 4 is 17.5 Å². The van der Waals surface area contributed by atoms with Crippen LogP contribution in [0.4, 0.5) is 16.2 Å². The number of amides is 1. The maximum Gasteiger partial charge on any atom is 0.412 e. The van der Waals surface area contributed by atoms with Crippen LogP contribution in [0.5, 0.6) is 0 Å². The summed E-state index contributed by atoms with van der Waals surface area (Å²) < 4.78 is 5.26. The van der Waals surface area contributed by atoms with Gasteiger partial charge in [0, 0.05) is 6.54 Å². The van der Waals surface area contributed by atoms with E-state index in [0.717, 1.165) is 17.9 Å². The largest absolute Gasteiger partial charge is 0.444 e. The van der Waals surface area contributed by atoms with Gasteiger partial charge in [-0.3, -0.25) is 5.32 Å². The van der Waals surface area contributed by atoms with E-state index in [-0.39, 0.29) is 5.41 Å². The molecule has 1 rings (SSSR count). The van der Waals surface area contributed by atoms with Gasteiger partial charge in [0.15, 0.2) is 0 Å². The second kappa shape index (κ2) is 6.16. The lowest BCUT2D eigenvalue weighted by atomic mass is 9.97. The highest BCUT2D eigenvalue weighted by Crippen LogP contribution is 2.24. The van der Waals surface area contributed by atoms with Crippen molar-refractivity contribution in [2.45, 2.75) is 47.1 Å². The van der Waals surface area contributed by atoms with E-state index in [4.69, 9.17) is 4.74 Å². The standard InChI is InChI=1S/C16H26N2O2/c1-15(2,3)11-17-12-9-7-8-10-13(12)18-14(19)20-16(4,5)6/h7-10,17H,11H2,1-6H3,(H,18,19). The normalized spacial score (nSPS) is 11.9. The van der Waals surface area contributed by atoms with Crippen LogP contribution in [0.3, 0.4) is 0 Å². The van der Waals surface area contributed by atoms with Gasteiger partial charge in [-0.2, -0.15) is 0 Å². The third-order valence-electron chi connectivity index (χ3n) is 2.37. The molecule has 112 valence electrons. The first kappa shape index (κ1) is 16.3. The first-order chi connectivity index (χ1) is 9.07. The fraction of sp³-hybridized carbons (Fsp3) is 0.562. The Hall–Kier alpha value is -1.71. The summed E-state index contributed by atoms with van der Waals surface area (Å²) in [6, 6.07) is 7.62. The number of benzene rings is 1. The average molecular weight is 278 g/mol. The monoisotopic (exact) mass is 278 g/mol. The fourth-order valence-corrected chi connectivity index (χ4v) is 1.52. The minimum absolute atomic E-state index is 0.166. The Morgan fingerprint density at radius 2 is 1.60 bits per heavy atom. The molecule has 2 N–H and O–H groups in total. The lowest BCUT2D eigenvalue weighted by Crippen LogP contribution is -2.27. The zero-order valence-corrected chi connectivity index (χ0v) is 13.3. The molecule has 0 saturated carbocycles. The zero-order valence-electron chi connectivity index (χ0n) is 13.3. The molecule has 0 saturated heterocycles. The minimum atomic E-state index is -0.502. The van der Waals surface area contributed by atoms with E-state index >= 15 is 0 Å². The van der Waals surface area contributed by atoms with Crippen molar-refractivity contribution < 1.29 is 9.53 Å². The molecule has 4 heteroatoms. The Morgan fingerprint density at radius 1 is 1.05 bits per heavy atom. The molecule has 1 aromatic carbocycles. The molecule has 4 nitrogen and oxygen atoms in total. The Balaban J connectivity index is 2.73. The van der Waals surface area contributed by atoms with Crippen LogP contribution in [0, 0.1) is 5.41 Å². The molecular weight excluding hydrogens is 252 g/mol.